The molecule has 23 heavy (non-hydrogen) atoms. The molecule has 1 aliphatic heterocycles. The fraction of sp³-hybridized carbons (Fsp3) is 0.625. The molecule has 7 heteroatoms. The predicted octanol–water partition coefficient (Wildman–Crippen LogP) is 3.23. The molecule has 0 radical (unpaired) electrons. The second kappa shape index (κ2) is 7.88. The fourth-order valence-corrected chi connectivity index (χ4v) is 2.68. The number of halogens is 3. The van der Waals surface area contributed by atoms with Crippen molar-refractivity contribution >= 4 is 5.69 Å². The van der Waals surface area contributed by atoms with Crippen LogP contribution in [0.1, 0.15) is 26.2 Å². The van der Waals surface area contributed by atoms with Crippen LogP contribution in [0.4, 0.5) is 18.9 Å². The molecular weight excluding hydrogens is 309 g/mol. The Morgan fingerprint density at radius 1 is 1.26 bits per heavy atom. The molecule has 1 heterocycles. The Kier molecular flexibility index (Phi) is 6.12. The Balaban J connectivity index is 1.78. The normalized spacial score (nSPS) is 18.7. The van der Waals surface area contributed by atoms with Gasteiger partial charge in [0.05, 0.1) is 6.10 Å². The van der Waals surface area contributed by atoms with Gasteiger partial charge in [-0.3, -0.25) is 0 Å². The molecule has 0 amide bonds. The SMILES string of the molecule is CCC(O)CN1CCC(Nc2ccc(OC(F)(F)F)cc2)CC1. The number of aliphatic hydroxyl groups is 1. The zero-order valence-electron chi connectivity index (χ0n) is 13.1. The fourth-order valence-electron chi connectivity index (χ4n) is 2.68. The van der Waals surface area contributed by atoms with Crippen molar-refractivity contribution in [2.75, 3.05) is 25.0 Å². The smallest absolute Gasteiger partial charge is 0.406 e. The number of alkyl halides is 3. The summed E-state index contributed by atoms with van der Waals surface area (Å²) in [5, 5.41) is 13.0. The third-order valence-corrected chi connectivity index (χ3v) is 3.99. The van der Waals surface area contributed by atoms with E-state index < -0.39 is 6.36 Å². The van der Waals surface area contributed by atoms with E-state index >= 15 is 0 Å². The number of ether oxygens (including phenoxy) is 1. The molecule has 0 bridgehead atoms. The van der Waals surface area contributed by atoms with Crippen LogP contribution in [0.15, 0.2) is 24.3 Å². The third-order valence-electron chi connectivity index (χ3n) is 3.99. The first-order valence-corrected chi connectivity index (χ1v) is 7.88. The highest BCUT2D eigenvalue weighted by Gasteiger charge is 2.31. The molecule has 1 unspecified atom stereocenters. The molecule has 1 aliphatic rings. The monoisotopic (exact) mass is 332 g/mol. The first-order valence-electron chi connectivity index (χ1n) is 7.88. The van der Waals surface area contributed by atoms with Crippen LogP contribution in [0.5, 0.6) is 5.75 Å². The summed E-state index contributed by atoms with van der Waals surface area (Å²) < 4.78 is 40.2. The molecule has 1 atom stereocenters. The molecule has 0 saturated carbocycles. The van der Waals surface area contributed by atoms with Gasteiger partial charge in [0.25, 0.3) is 0 Å². The molecule has 130 valence electrons. The largest absolute Gasteiger partial charge is 0.573 e. The lowest BCUT2D eigenvalue weighted by molar-refractivity contribution is -0.274. The number of rotatable bonds is 6. The van der Waals surface area contributed by atoms with Crippen molar-refractivity contribution in [3.05, 3.63) is 24.3 Å². The Hall–Kier alpha value is -1.47. The van der Waals surface area contributed by atoms with E-state index in [1.165, 1.54) is 12.1 Å². The van der Waals surface area contributed by atoms with Crippen LogP contribution in [0.25, 0.3) is 0 Å². The Morgan fingerprint density at radius 2 is 1.87 bits per heavy atom. The zero-order valence-corrected chi connectivity index (χ0v) is 13.1. The number of benzene rings is 1. The summed E-state index contributed by atoms with van der Waals surface area (Å²) in [6.07, 6.45) is -2.30. The van der Waals surface area contributed by atoms with Crippen LogP contribution >= 0.6 is 0 Å². The number of piperidine rings is 1. The van der Waals surface area contributed by atoms with E-state index in [4.69, 9.17) is 0 Å². The lowest BCUT2D eigenvalue weighted by atomic mass is 10.0. The molecule has 1 aromatic carbocycles. The molecule has 0 aliphatic carbocycles. The molecule has 2 rings (SSSR count). The number of aliphatic hydroxyl groups excluding tert-OH is 1. The Labute approximate surface area is 134 Å². The lowest BCUT2D eigenvalue weighted by Crippen LogP contribution is -2.42. The van der Waals surface area contributed by atoms with Crippen molar-refractivity contribution in [3.8, 4) is 5.75 Å². The number of anilines is 1. The Bertz CT molecular complexity index is 471. The summed E-state index contributed by atoms with van der Waals surface area (Å²) in [4.78, 5) is 2.24. The number of β-amino-alcohol motifs (C(OH)–C–C–N with tert-alkyl or cyclic N) is 1. The minimum absolute atomic E-state index is 0.216. The van der Waals surface area contributed by atoms with Gasteiger partial charge in [-0.2, -0.15) is 0 Å². The van der Waals surface area contributed by atoms with Gasteiger partial charge >= 0.3 is 6.36 Å². The second-order valence-corrected chi connectivity index (χ2v) is 5.85. The van der Waals surface area contributed by atoms with E-state index in [1.807, 2.05) is 6.92 Å². The standard InChI is InChI=1S/C16H23F3N2O2/c1-2-14(22)11-21-9-7-13(8-10-21)20-12-3-5-15(6-4-12)23-16(17,18)19/h3-6,13-14,20,22H,2,7-11H2,1H3. The summed E-state index contributed by atoms with van der Waals surface area (Å²) in [7, 11) is 0. The van der Waals surface area contributed by atoms with E-state index in [0.29, 0.717) is 12.6 Å². The maximum absolute atomic E-state index is 12.1. The average Bonchev–Trinajstić information content (AvgIpc) is 2.49. The molecular formula is C16H23F3N2O2. The highest BCUT2D eigenvalue weighted by Crippen LogP contribution is 2.25. The van der Waals surface area contributed by atoms with Crippen molar-refractivity contribution in [2.24, 2.45) is 0 Å². The van der Waals surface area contributed by atoms with E-state index in [2.05, 4.69) is 15.0 Å². The summed E-state index contributed by atoms with van der Waals surface area (Å²) in [5.74, 6) is -0.216. The van der Waals surface area contributed by atoms with E-state index in [9.17, 15) is 18.3 Å². The summed E-state index contributed by atoms with van der Waals surface area (Å²) in [6, 6.07) is 6.09. The maximum Gasteiger partial charge on any atom is 0.573 e. The van der Waals surface area contributed by atoms with Gasteiger partial charge in [0.2, 0.25) is 0 Å². The van der Waals surface area contributed by atoms with E-state index in [1.54, 1.807) is 12.1 Å². The van der Waals surface area contributed by atoms with Gasteiger partial charge in [-0.15, -0.1) is 13.2 Å². The summed E-state index contributed by atoms with van der Waals surface area (Å²) in [6.45, 7) is 4.48. The topological polar surface area (TPSA) is 44.7 Å². The zero-order chi connectivity index (χ0) is 16.9. The van der Waals surface area contributed by atoms with Crippen LogP contribution in [-0.4, -0.2) is 48.1 Å². The summed E-state index contributed by atoms with van der Waals surface area (Å²) in [5.41, 5.74) is 0.784. The van der Waals surface area contributed by atoms with Crippen LogP contribution < -0.4 is 10.1 Å². The van der Waals surface area contributed by atoms with Crippen molar-refractivity contribution in [3.63, 3.8) is 0 Å². The predicted molar refractivity (Wildman–Crippen MR) is 82.5 cm³/mol. The quantitative estimate of drug-likeness (QED) is 0.839. The minimum atomic E-state index is -4.66. The number of hydrogen-bond acceptors (Lipinski definition) is 4. The van der Waals surface area contributed by atoms with Crippen molar-refractivity contribution in [2.45, 2.75) is 44.7 Å². The third kappa shape index (κ3) is 6.27. The molecule has 1 fully saturated rings. The van der Waals surface area contributed by atoms with E-state index in [-0.39, 0.29) is 11.9 Å². The minimum Gasteiger partial charge on any atom is -0.406 e. The summed E-state index contributed by atoms with van der Waals surface area (Å²) >= 11 is 0. The van der Waals surface area contributed by atoms with Gasteiger partial charge in [0.1, 0.15) is 5.75 Å². The first kappa shape index (κ1) is 17.9. The Morgan fingerprint density at radius 3 is 2.39 bits per heavy atom. The van der Waals surface area contributed by atoms with Gasteiger partial charge in [0, 0.05) is 31.4 Å². The van der Waals surface area contributed by atoms with Gasteiger partial charge in [-0.05, 0) is 43.5 Å². The molecule has 4 nitrogen and oxygen atoms in total. The highest BCUT2D eigenvalue weighted by atomic mass is 19.4. The van der Waals surface area contributed by atoms with Crippen LogP contribution in [0.2, 0.25) is 0 Å². The molecule has 1 saturated heterocycles. The van der Waals surface area contributed by atoms with Gasteiger partial charge in [-0.25, -0.2) is 0 Å². The first-order chi connectivity index (χ1) is 10.9. The van der Waals surface area contributed by atoms with Crippen molar-refractivity contribution < 1.29 is 23.0 Å². The van der Waals surface area contributed by atoms with Crippen LogP contribution in [0.3, 0.4) is 0 Å². The number of nitrogens with one attached hydrogen (secondary N) is 1. The molecule has 1 aromatic rings. The number of likely N-dealkylation sites (tertiary alicyclic amines) is 1. The molecule has 0 spiro atoms. The lowest BCUT2D eigenvalue weighted by Gasteiger charge is -2.33. The number of nitrogens with zero attached hydrogens (tertiary/aromatic N) is 1. The molecule has 2 N–H and O–H groups in total. The highest BCUT2D eigenvalue weighted by molar-refractivity contribution is 5.47. The van der Waals surface area contributed by atoms with Gasteiger partial charge in [0.15, 0.2) is 0 Å². The average molecular weight is 332 g/mol. The second-order valence-electron chi connectivity index (χ2n) is 5.85. The van der Waals surface area contributed by atoms with Gasteiger partial charge in [-0.1, -0.05) is 6.92 Å². The van der Waals surface area contributed by atoms with Crippen LogP contribution in [0, 0.1) is 0 Å². The van der Waals surface area contributed by atoms with Crippen molar-refractivity contribution in [1.29, 1.82) is 0 Å². The molecule has 0 aromatic heterocycles. The van der Waals surface area contributed by atoms with E-state index in [0.717, 1.165) is 38.0 Å². The maximum atomic E-state index is 12.1. The van der Waals surface area contributed by atoms with Crippen molar-refractivity contribution in [1.82, 2.24) is 4.90 Å². The van der Waals surface area contributed by atoms with Crippen LogP contribution in [-0.2, 0) is 0 Å². The van der Waals surface area contributed by atoms with Gasteiger partial charge < -0.3 is 20.1 Å². The number of hydrogen-bond donors (Lipinski definition) is 2.